The molecule has 4 rings (SSSR count). The second-order valence-corrected chi connectivity index (χ2v) is 7.32. The van der Waals surface area contributed by atoms with Gasteiger partial charge in [0, 0.05) is 22.6 Å². The van der Waals surface area contributed by atoms with E-state index < -0.39 is 0 Å². The number of carbonyl (C=O) groups is 1. The standard InChI is InChI=1S/C24H25N3O/c1-17-16-22(18(2)27(17)20-12-4-3-5-13-20)24(28)26-25-23-15-9-7-11-19-10-6-8-14-21(19)23/h3-6,8,10,12-14,16H,7,9,11,15H2,1-2H3,(H,26,28)/b25-23+. The van der Waals surface area contributed by atoms with E-state index in [1.54, 1.807) is 0 Å². The maximum atomic E-state index is 12.9. The van der Waals surface area contributed by atoms with Crippen molar-refractivity contribution in [2.45, 2.75) is 39.5 Å². The molecule has 0 atom stereocenters. The first kappa shape index (κ1) is 18.2. The van der Waals surface area contributed by atoms with Crippen molar-refractivity contribution in [2.24, 2.45) is 5.10 Å². The summed E-state index contributed by atoms with van der Waals surface area (Å²) in [5, 5.41) is 4.52. The molecule has 1 N–H and O–H groups in total. The van der Waals surface area contributed by atoms with Crippen molar-refractivity contribution < 1.29 is 4.79 Å². The lowest BCUT2D eigenvalue weighted by Gasteiger charge is -2.10. The number of carbonyl (C=O) groups excluding carboxylic acids is 1. The molecule has 4 nitrogen and oxygen atoms in total. The molecule has 0 fully saturated rings. The molecule has 0 aliphatic heterocycles. The monoisotopic (exact) mass is 371 g/mol. The van der Waals surface area contributed by atoms with E-state index in [2.05, 4.69) is 33.3 Å². The zero-order valence-corrected chi connectivity index (χ0v) is 16.4. The molecule has 1 aromatic heterocycles. The smallest absolute Gasteiger partial charge is 0.273 e. The number of benzene rings is 2. The summed E-state index contributed by atoms with van der Waals surface area (Å²) in [6.45, 7) is 3.99. The predicted molar refractivity (Wildman–Crippen MR) is 113 cm³/mol. The first-order chi connectivity index (χ1) is 13.6. The molecular weight excluding hydrogens is 346 g/mol. The van der Waals surface area contributed by atoms with Crippen molar-refractivity contribution in [1.29, 1.82) is 0 Å². The molecule has 1 aliphatic rings. The van der Waals surface area contributed by atoms with Crippen molar-refractivity contribution in [3.8, 4) is 5.69 Å². The van der Waals surface area contributed by atoms with Crippen LogP contribution in [0.3, 0.4) is 0 Å². The molecule has 1 amide bonds. The second-order valence-electron chi connectivity index (χ2n) is 7.32. The number of para-hydroxylation sites is 1. The summed E-state index contributed by atoms with van der Waals surface area (Å²) in [7, 11) is 0. The molecule has 0 saturated carbocycles. The Balaban J connectivity index is 1.61. The number of amides is 1. The van der Waals surface area contributed by atoms with Gasteiger partial charge in [0.2, 0.25) is 0 Å². The third-order valence-electron chi connectivity index (χ3n) is 5.42. The van der Waals surface area contributed by atoms with Crippen molar-refractivity contribution in [1.82, 2.24) is 9.99 Å². The van der Waals surface area contributed by atoms with Gasteiger partial charge in [0.05, 0.1) is 11.3 Å². The molecule has 1 aliphatic carbocycles. The molecule has 142 valence electrons. The van der Waals surface area contributed by atoms with E-state index in [0.717, 1.165) is 54.0 Å². The number of aromatic nitrogens is 1. The summed E-state index contributed by atoms with van der Waals surface area (Å²) in [6.07, 6.45) is 4.20. The Morgan fingerprint density at radius 2 is 1.68 bits per heavy atom. The Morgan fingerprint density at radius 3 is 2.50 bits per heavy atom. The van der Waals surface area contributed by atoms with Gasteiger partial charge in [0.15, 0.2) is 0 Å². The van der Waals surface area contributed by atoms with Gasteiger partial charge in [0.1, 0.15) is 0 Å². The highest BCUT2D eigenvalue weighted by Crippen LogP contribution is 2.22. The lowest BCUT2D eigenvalue weighted by Crippen LogP contribution is -2.21. The molecule has 0 bridgehead atoms. The van der Waals surface area contributed by atoms with Crippen LogP contribution in [0.5, 0.6) is 0 Å². The van der Waals surface area contributed by atoms with Gasteiger partial charge in [0.25, 0.3) is 5.91 Å². The Hall–Kier alpha value is -3.14. The summed E-state index contributed by atoms with van der Waals surface area (Å²) in [6, 6.07) is 20.4. The zero-order chi connectivity index (χ0) is 19.5. The lowest BCUT2D eigenvalue weighted by molar-refractivity contribution is 0.0954. The van der Waals surface area contributed by atoms with E-state index in [1.165, 1.54) is 5.56 Å². The SMILES string of the molecule is Cc1cc(C(=O)N/N=C2\CCCCc3ccccc32)c(C)n1-c1ccccc1. The maximum absolute atomic E-state index is 12.9. The molecule has 4 heteroatoms. The van der Waals surface area contributed by atoms with Crippen LogP contribution in [-0.2, 0) is 6.42 Å². The van der Waals surface area contributed by atoms with Gasteiger partial charge in [-0.1, -0.05) is 42.5 Å². The van der Waals surface area contributed by atoms with Gasteiger partial charge >= 0.3 is 0 Å². The fourth-order valence-electron chi connectivity index (χ4n) is 4.02. The number of fused-ring (bicyclic) bond motifs is 1. The van der Waals surface area contributed by atoms with Crippen LogP contribution in [0.2, 0.25) is 0 Å². The average molecular weight is 371 g/mol. The maximum Gasteiger partial charge on any atom is 0.273 e. The highest BCUT2D eigenvalue weighted by molar-refractivity contribution is 6.03. The van der Waals surface area contributed by atoms with Gasteiger partial charge in [-0.25, -0.2) is 5.43 Å². The fourth-order valence-corrected chi connectivity index (χ4v) is 4.02. The fraction of sp³-hybridized carbons (Fsp3) is 0.250. The number of hydrogen-bond acceptors (Lipinski definition) is 2. The van der Waals surface area contributed by atoms with Crippen LogP contribution in [0.4, 0.5) is 0 Å². The van der Waals surface area contributed by atoms with Gasteiger partial charge < -0.3 is 4.57 Å². The Morgan fingerprint density at radius 1 is 0.964 bits per heavy atom. The van der Waals surface area contributed by atoms with E-state index >= 15 is 0 Å². The van der Waals surface area contributed by atoms with Crippen LogP contribution in [-0.4, -0.2) is 16.2 Å². The van der Waals surface area contributed by atoms with Crippen molar-refractivity contribution in [3.05, 3.63) is 88.7 Å². The number of nitrogens with zero attached hydrogens (tertiary/aromatic N) is 2. The van der Waals surface area contributed by atoms with E-state index in [1.807, 2.05) is 56.3 Å². The average Bonchev–Trinajstić information content (AvgIpc) is 2.89. The van der Waals surface area contributed by atoms with Gasteiger partial charge in [-0.15, -0.1) is 0 Å². The van der Waals surface area contributed by atoms with Crippen LogP contribution in [0.25, 0.3) is 5.69 Å². The summed E-state index contributed by atoms with van der Waals surface area (Å²) < 4.78 is 2.10. The normalized spacial score (nSPS) is 15.1. The number of hydrazone groups is 1. The minimum Gasteiger partial charge on any atom is -0.318 e. The molecule has 0 saturated heterocycles. The van der Waals surface area contributed by atoms with E-state index in [4.69, 9.17) is 0 Å². The zero-order valence-electron chi connectivity index (χ0n) is 16.4. The van der Waals surface area contributed by atoms with Crippen molar-refractivity contribution in [3.63, 3.8) is 0 Å². The molecule has 1 heterocycles. The summed E-state index contributed by atoms with van der Waals surface area (Å²) >= 11 is 0. The minimum absolute atomic E-state index is 0.162. The quantitative estimate of drug-likeness (QED) is 0.514. The number of hydrogen-bond donors (Lipinski definition) is 1. The third-order valence-corrected chi connectivity index (χ3v) is 5.42. The number of rotatable bonds is 3. The second kappa shape index (κ2) is 7.85. The highest BCUT2D eigenvalue weighted by atomic mass is 16.2. The topological polar surface area (TPSA) is 46.4 Å². The number of nitrogens with one attached hydrogen (secondary N) is 1. The minimum atomic E-state index is -0.162. The molecule has 0 spiro atoms. The Kier molecular flexibility index (Phi) is 5.11. The highest BCUT2D eigenvalue weighted by Gasteiger charge is 2.18. The molecular formula is C24H25N3O. The first-order valence-corrected chi connectivity index (χ1v) is 9.84. The van der Waals surface area contributed by atoms with Crippen LogP contribution >= 0.6 is 0 Å². The molecule has 0 radical (unpaired) electrons. The molecule has 2 aromatic carbocycles. The molecule has 3 aromatic rings. The van der Waals surface area contributed by atoms with Gasteiger partial charge in [-0.3, -0.25) is 4.79 Å². The van der Waals surface area contributed by atoms with Crippen LogP contribution in [0.1, 0.15) is 52.1 Å². The lowest BCUT2D eigenvalue weighted by atomic mass is 10.0. The van der Waals surface area contributed by atoms with Crippen molar-refractivity contribution >= 4 is 11.6 Å². The van der Waals surface area contributed by atoms with E-state index in [-0.39, 0.29) is 5.91 Å². The van der Waals surface area contributed by atoms with Gasteiger partial charge in [-0.2, -0.15) is 5.10 Å². The molecule has 0 unspecified atom stereocenters. The number of aryl methyl sites for hydroxylation is 2. The van der Waals surface area contributed by atoms with Crippen LogP contribution in [0.15, 0.2) is 65.8 Å². The summed E-state index contributed by atoms with van der Waals surface area (Å²) in [5.74, 6) is -0.162. The van der Waals surface area contributed by atoms with E-state index in [9.17, 15) is 4.79 Å². The predicted octanol–water partition coefficient (Wildman–Crippen LogP) is 4.95. The summed E-state index contributed by atoms with van der Waals surface area (Å²) in [4.78, 5) is 12.9. The third kappa shape index (κ3) is 3.50. The Bertz CT molecular complexity index is 1030. The first-order valence-electron chi connectivity index (χ1n) is 9.84. The van der Waals surface area contributed by atoms with Crippen molar-refractivity contribution in [2.75, 3.05) is 0 Å². The van der Waals surface area contributed by atoms with Crippen LogP contribution < -0.4 is 5.43 Å². The molecule has 28 heavy (non-hydrogen) atoms. The van der Waals surface area contributed by atoms with Gasteiger partial charge in [-0.05, 0) is 63.3 Å². The van der Waals surface area contributed by atoms with E-state index in [0.29, 0.717) is 5.56 Å². The largest absolute Gasteiger partial charge is 0.318 e. The summed E-state index contributed by atoms with van der Waals surface area (Å²) in [5.41, 5.74) is 9.92. The Labute approximate surface area is 165 Å². The van der Waals surface area contributed by atoms with Crippen LogP contribution in [0, 0.1) is 13.8 Å².